The van der Waals surface area contributed by atoms with Crippen molar-refractivity contribution >= 4 is 5.97 Å². The number of benzene rings is 1. The van der Waals surface area contributed by atoms with Crippen LogP contribution in [0.1, 0.15) is 17.5 Å². The number of halogens is 1. The van der Waals surface area contributed by atoms with Gasteiger partial charge >= 0.3 is 5.97 Å². The van der Waals surface area contributed by atoms with Crippen LogP contribution in [0.2, 0.25) is 0 Å². The molecule has 0 saturated heterocycles. The Bertz CT molecular complexity index is 401. The van der Waals surface area contributed by atoms with E-state index in [2.05, 4.69) is 0 Å². The van der Waals surface area contributed by atoms with Crippen LogP contribution in [-0.4, -0.2) is 17.7 Å². The highest BCUT2D eigenvalue weighted by molar-refractivity contribution is 5.67. The van der Waals surface area contributed by atoms with E-state index in [1.807, 2.05) is 0 Å². The SMILES string of the molecule is O=C(O)CCc1ccc2c(c1F)CCO2. The molecule has 3 nitrogen and oxygen atoms in total. The number of rotatable bonds is 3. The Kier molecular flexibility index (Phi) is 2.58. The summed E-state index contributed by atoms with van der Waals surface area (Å²) in [7, 11) is 0. The van der Waals surface area contributed by atoms with Crippen LogP contribution in [-0.2, 0) is 17.6 Å². The number of aliphatic carboxylic acids is 1. The number of carboxylic acids is 1. The predicted octanol–water partition coefficient (Wildman–Crippen LogP) is 1.78. The number of ether oxygens (including phenoxy) is 1. The molecule has 0 amide bonds. The third-order valence-corrected chi connectivity index (χ3v) is 2.50. The van der Waals surface area contributed by atoms with Crippen LogP contribution in [0, 0.1) is 5.82 Å². The van der Waals surface area contributed by atoms with Crippen LogP contribution in [0.4, 0.5) is 4.39 Å². The van der Waals surface area contributed by atoms with Gasteiger partial charge in [0.25, 0.3) is 0 Å². The molecule has 0 radical (unpaired) electrons. The lowest BCUT2D eigenvalue weighted by molar-refractivity contribution is -0.136. The first kappa shape index (κ1) is 9.96. The van der Waals surface area contributed by atoms with Gasteiger partial charge in [0.1, 0.15) is 11.6 Å². The van der Waals surface area contributed by atoms with Crippen LogP contribution < -0.4 is 4.74 Å². The van der Waals surface area contributed by atoms with E-state index in [-0.39, 0.29) is 18.7 Å². The molecule has 0 aromatic heterocycles. The van der Waals surface area contributed by atoms with Gasteiger partial charge in [-0.2, -0.15) is 0 Å². The van der Waals surface area contributed by atoms with Crippen molar-refractivity contribution in [1.82, 2.24) is 0 Å². The number of hydrogen-bond donors (Lipinski definition) is 1. The second-order valence-corrected chi connectivity index (χ2v) is 3.51. The Balaban J connectivity index is 2.22. The minimum atomic E-state index is -0.911. The fraction of sp³-hybridized carbons (Fsp3) is 0.364. The molecule has 1 aliphatic heterocycles. The molecule has 0 unspecified atom stereocenters. The maximum absolute atomic E-state index is 13.8. The zero-order valence-electron chi connectivity index (χ0n) is 8.12. The van der Waals surface area contributed by atoms with E-state index in [0.29, 0.717) is 29.9 Å². The summed E-state index contributed by atoms with van der Waals surface area (Å²) in [6.45, 7) is 0.509. The van der Waals surface area contributed by atoms with Crippen molar-refractivity contribution in [2.45, 2.75) is 19.3 Å². The van der Waals surface area contributed by atoms with Gasteiger partial charge in [-0.3, -0.25) is 4.79 Å². The van der Waals surface area contributed by atoms with Crippen LogP contribution in [0.3, 0.4) is 0 Å². The second-order valence-electron chi connectivity index (χ2n) is 3.51. The Morgan fingerprint density at radius 3 is 3.07 bits per heavy atom. The molecular weight excluding hydrogens is 199 g/mol. The number of hydrogen-bond acceptors (Lipinski definition) is 2. The van der Waals surface area contributed by atoms with Crippen molar-refractivity contribution in [1.29, 1.82) is 0 Å². The van der Waals surface area contributed by atoms with Gasteiger partial charge in [0.2, 0.25) is 0 Å². The summed E-state index contributed by atoms with van der Waals surface area (Å²) in [6, 6.07) is 3.31. The normalized spacial score (nSPS) is 13.4. The number of fused-ring (bicyclic) bond motifs is 1. The minimum Gasteiger partial charge on any atom is -0.493 e. The van der Waals surface area contributed by atoms with Crippen molar-refractivity contribution in [2.24, 2.45) is 0 Å². The molecule has 0 bridgehead atoms. The van der Waals surface area contributed by atoms with Gasteiger partial charge in [-0.25, -0.2) is 4.39 Å². The highest BCUT2D eigenvalue weighted by Crippen LogP contribution is 2.29. The number of carbonyl (C=O) groups is 1. The monoisotopic (exact) mass is 210 g/mol. The lowest BCUT2D eigenvalue weighted by atomic mass is 10.0. The third kappa shape index (κ3) is 1.93. The van der Waals surface area contributed by atoms with Gasteiger partial charge in [0.05, 0.1) is 6.61 Å². The van der Waals surface area contributed by atoms with E-state index in [1.54, 1.807) is 12.1 Å². The molecule has 0 saturated carbocycles. The van der Waals surface area contributed by atoms with Crippen molar-refractivity contribution < 1.29 is 19.0 Å². The third-order valence-electron chi connectivity index (χ3n) is 2.50. The summed E-state index contributed by atoms with van der Waals surface area (Å²) in [5, 5.41) is 8.51. The first-order valence-electron chi connectivity index (χ1n) is 4.83. The fourth-order valence-corrected chi connectivity index (χ4v) is 1.72. The topological polar surface area (TPSA) is 46.5 Å². The Morgan fingerprint density at radius 2 is 2.33 bits per heavy atom. The van der Waals surface area contributed by atoms with E-state index < -0.39 is 5.97 Å². The molecule has 1 heterocycles. The Morgan fingerprint density at radius 1 is 1.53 bits per heavy atom. The van der Waals surface area contributed by atoms with Crippen molar-refractivity contribution in [3.63, 3.8) is 0 Å². The summed E-state index contributed by atoms with van der Waals surface area (Å²) < 4.78 is 19.0. The molecule has 4 heteroatoms. The average molecular weight is 210 g/mol. The van der Waals surface area contributed by atoms with Crippen LogP contribution in [0.25, 0.3) is 0 Å². The molecule has 1 aromatic rings. The van der Waals surface area contributed by atoms with Gasteiger partial charge in [-0.15, -0.1) is 0 Å². The second kappa shape index (κ2) is 3.88. The lowest BCUT2D eigenvalue weighted by Gasteiger charge is -2.05. The van der Waals surface area contributed by atoms with Gasteiger partial charge in [0.15, 0.2) is 0 Å². The molecular formula is C11H11FO3. The van der Waals surface area contributed by atoms with E-state index in [0.717, 1.165) is 0 Å². The van der Waals surface area contributed by atoms with E-state index in [4.69, 9.17) is 9.84 Å². The summed E-state index contributed by atoms with van der Waals surface area (Å²) in [6.07, 6.45) is 0.757. The summed E-state index contributed by atoms with van der Waals surface area (Å²) in [5.74, 6) is -0.621. The summed E-state index contributed by atoms with van der Waals surface area (Å²) in [5.41, 5.74) is 1.04. The molecule has 0 fully saturated rings. The predicted molar refractivity (Wildman–Crippen MR) is 51.6 cm³/mol. The summed E-state index contributed by atoms with van der Waals surface area (Å²) >= 11 is 0. The van der Waals surface area contributed by atoms with E-state index in [1.165, 1.54) is 0 Å². The first-order valence-corrected chi connectivity index (χ1v) is 4.83. The molecule has 0 spiro atoms. The van der Waals surface area contributed by atoms with E-state index >= 15 is 0 Å². The smallest absolute Gasteiger partial charge is 0.303 e. The van der Waals surface area contributed by atoms with Gasteiger partial charge in [-0.05, 0) is 18.1 Å². The largest absolute Gasteiger partial charge is 0.493 e. The highest BCUT2D eigenvalue weighted by Gasteiger charge is 2.19. The average Bonchev–Trinajstić information content (AvgIpc) is 2.65. The molecule has 80 valence electrons. The van der Waals surface area contributed by atoms with Crippen molar-refractivity contribution in [3.8, 4) is 5.75 Å². The lowest BCUT2D eigenvalue weighted by Crippen LogP contribution is -2.00. The minimum absolute atomic E-state index is 0.0451. The standard InChI is InChI=1S/C11H11FO3/c12-11-7(2-4-10(13)14)1-3-9-8(11)5-6-15-9/h1,3H,2,4-6H2,(H,13,14). The maximum atomic E-state index is 13.8. The molecule has 1 N–H and O–H groups in total. The van der Waals surface area contributed by atoms with Crippen LogP contribution in [0.15, 0.2) is 12.1 Å². The molecule has 1 aromatic carbocycles. The van der Waals surface area contributed by atoms with Gasteiger partial charge in [0, 0.05) is 18.4 Å². The Labute approximate surface area is 86.5 Å². The van der Waals surface area contributed by atoms with Crippen molar-refractivity contribution in [3.05, 3.63) is 29.1 Å². The number of carboxylic acid groups (broad SMARTS) is 1. The van der Waals surface area contributed by atoms with Gasteiger partial charge in [-0.1, -0.05) is 6.07 Å². The molecule has 0 atom stereocenters. The molecule has 1 aliphatic rings. The zero-order chi connectivity index (χ0) is 10.8. The van der Waals surface area contributed by atoms with Gasteiger partial charge < -0.3 is 9.84 Å². The zero-order valence-corrected chi connectivity index (χ0v) is 8.12. The highest BCUT2D eigenvalue weighted by atomic mass is 19.1. The first-order chi connectivity index (χ1) is 7.18. The van der Waals surface area contributed by atoms with Crippen LogP contribution in [0.5, 0.6) is 5.75 Å². The maximum Gasteiger partial charge on any atom is 0.303 e. The quantitative estimate of drug-likeness (QED) is 0.827. The molecule has 2 rings (SSSR count). The van der Waals surface area contributed by atoms with E-state index in [9.17, 15) is 9.18 Å². The molecule has 0 aliphatic carbocycles. The Hall–Kier alpha value is -1.58. The summed E-state index contributed by atoms with van der Waals surface area (Å²) in [4.78, 5) is 10.4. The fourth-order valence-electron chi connectivity index (χ4n) is 1.72. The number of aryl methyl sites for hydroxylation is 1. The molecule has 15 heavy (non-hydrogen) atoms. The van der Waals surface area contributed by atoms with Crippen LogP contribution >= 0.6 is 0 Å². The van der Waals surface area contributed by atoms with Crippen molar-refractivity contribution in [2.75, 3.05) is 6.61 Å².